The highest BCUT2D eigenvalue weighted by molar-refractivity contribution is 5.78. The van der Waals surface area contributed by atoms with E-state index in [1.807, 2.05) is 24.3 Å². The van der Waals surface area contributed by atoms with Gasteiger partial charge in [-0.15, -0.1) is 6.58 Å². The number of ether oxygens (including phenoxy) is 2. The van der Waals surface area contributed by atoms with Crippen LogP contribution in [0, 0.1) is 0 Å². The lowest BCUT2D eigenvalue weighted by Gasteiger charge is -2.23. The summed E-state index contributed by atoms with van der Waals surface area (Å²) in [6.07, 6.45) is 4.70. The number of piperidine rings is 1. The summed E-state index contributed by atoms with van der Waals surface area (Å²) in [5.74, 6) is 1.10. The van der Waals surface area contributed by atoms with Crippen molar-refractivity contribution >= 4 is 5.91 Å². The van der Waals surface area contributed by atoms with Crippen LogP contribution in [0.15, 0.2) is 30.9 Å². The molecule has 120 valence electrons. The number of carbonyl (C=O) groups is 1. The van der Waals surface area contributed by atoms with Gasteiger partial charge in [0.25, 0.3) is 5.91 Å². The second-order valence-electron chi connectivity index (χ2n) is 5.38. The van der Waals surface area contributed by atoms with Crippen molar-refractivity contribution in [2.45, 2.75) is 25.3 Å². The number of allylic oxidation sites excluding steroid dienone is 1. The van der Waals surface area contributed by atoms with Gasteiger partial charge in [-0.3, -0.25) is 4.79 Å². The largest absolute Gasteiger partial charge is 0.493 e. The van der Waals surface area contributed by atoms with Gasteiger partial charge in [-0.05, 0) is 43.5 Å². The molecule has 0 aromatic heterocycles. The van der Waals surface area contributed by atoms with Crippen molar-refractivity contribution in [2.24, 2.45) is 0 Å². The maximum absolute atomic E-state index is 11.9. The van der Waals surface area contributed by atoms with Crippen LogP contribution in [0.3, 0.4) is 0 Å². The molecule has 2 rings (SSSR count). The van der Waals surface area contributed by atoms with E-state index < -0.39 is 0 Å². The minimum absolute atomic E-state index is 0.00628. The van der Waals surface area contributed by atoms with Gasteiger partial charge < -0.3 is 20.1 Å². The highest BCUT2D eigenvalue weighted by Crippen LogP contribution is 2.28. The molecule has 1 atom stereocenters. The maximum Gasteiger partial charge on any atom is 0.258 e. The molecule has 1 fully saturated rings. The van der Waals surface area contributed by atoms with E-state index in [1.54, 1.807) is 7.11 Å². The van der Waals surface area contributed by atoms with E-state index in [-0.39, 0.29) is 18.6 Å². The van der Waals surface area contributed by atoms with E-state index in [0.717, 1.165) is 37.9 Å². The zero-order valence-corrected chi connectivity index (χ0v) is 13.1. The first-order valence-corrected chi connectivity index (χ1v) is 7.63. The Morgan fingerprint density at radius 2 is 2.36 bits per heavy atom. The summed E-state index contributed by atoms with van der Waals surface area (Å²) in [6.45, 7) is 5.56. The third-order valence-electron chi connectivity index (χ3n) is 3.63. The molecule has 0 spiro atoms. The van der Waals surface area contributed by atoms with Crippen molar-refractivity contribution in [1.29, 1.82) is 0 Å². The molecule has 1 aliphatic heterocycles. The maximum atomic E-state index is 11.9. The van der Waals surface area contributed by atoms with E-state index in [1.165, 1.54) is 0 Å². The number of hydrogen-bond acceptors (Lipinski definition) is 4. The summed E-state index contributed by atoms with van der Waals surface area (Å²) in [7, 11) is 1.59. The summed E-state index contributed by atoms with van der Waals surface area (Å²) < 4.78 is 10.9. The van der Waals surface area contributed by atoms with Gasteiger partial charge in [0.1, 0.15) is 0 Å². The molecule has 22 heavy (non-hydrogen) atoms. The minimum atomic E-state index is -0.106. The highest BCUT2D eigenvalue weighted by atomic mass is 16.5. The summed E-state index contributed by atoms with van der Waals surface area (Å²) in [5.41, 5.74) is 1.09. The van der Waals surface area contributed by atoms with Gasteiger partial charge in [0, 0.05) is 12.6 Å². The standard InChI is InChI=1S/C17H24N2O3/c1-3-5-13-7-8-15(16(10-13)21-2)22-12-17(20)19-14-6-4-9-18-11-14/h3,7-8,10,14,18H,1,4-6,9,11-12H2,2H3,(H,19,20)/t14-/m0/s1. The minimum Gasteiger partial charge on any atom is -0.493 e. The Labute approximate surface area is 131 Å². The second kappa shape index (κ2) is 8.44. The van der Waals surface area contributed by atoms with Crippen LogP contribution in [-0.2, 0) is 11.2 Å². The molecule has 1 aromatic carbocycles. The van der Waals surface area contributed by atoms with Crippen LogP contribution in [0.2, 0.25) is 0 Å². The first-order valence-electron chi connectivity index (χ1n) is 7.63. The van der Waals surface area contributed by atoms with Crippen molar-refractivity contribution in [3.8, 4) is 11.5 Å². The number of benzene rings is 1. The molecular weight excluding hydrogens is 280 g/mol. The Balaban J connectivity index is 1.87. The molecule has 0 unspecified atom stereocenters. The number of hydrogen-bond donors (Lipinski definition) is 2. The van der Waals surface area contributed by atoms with Crippen LogP contribution in [0.4, 0.5) is 0 Å². The van der Waals surface area contributed by atoms with Gasteiger partial charge in [-0.1, -0.05) is 12.1 Å². The lowest BCUT2D eigenvalue weighted by Crippen LogP contribution is -2.47. The quantitative estimate of drug-likeness (QED) is 0.752. The van der Waals surface area contributed by atoms with Crippen LogP contribution >= 0.6 is 0 Å². The fourth-order valence-electron chi connectivity index (χ4n) is 2.51. The van der Waals surface area contributed by atoms with Crippen molar-refractivity contribution in [2.75, 3.05) is 26.8 Å². The molecule has 0 saturated carbocycles. The number of methoxy groups -OCH3 is 1. The monoisotopic (exact) mass is 304 g/mol. The Morgan fingerprint density at radius 3 is 3.05 bits per heavy atom. The Bertz CT molecular complexity index is 511. The van der Waals surface area contributed by atoms with E-state index in [0.29, 0.717) is 11.5 Å². The van der Waals surface area contributed by atoms with Crippen LogP contribution in [0.5, 0.6) is 11.5 Å². The van der Waals surface area contributed by atoms with Gasteiger partial charge in [0.2, 0.25) is 0 Å². The lowest BCUT2D eigenvalue weighted by atomic mass is 10.1. The summed E-state index contributed by atoms with van der Waals surface area (Å²) in [4.78, 5) is 11.9. The fourth-order valence-corrected chi connectivity index (χ4v) is 2.51. The van der Waals surface area contributed by atoms with E-state index in [4.69, 9.17) is 9.47 Å². The van der Waals surface area contributed by atoms with Gasteiger partial charge in [0.15, 0.2) is 18.1 Å². The molecule has 0 radical (unpaired) electrons. The van der Waals surface area contributed by atoms with Crippen LogP contribution in [-0.4, -0.2) is 38.8 Å². The highest BCUT2D eigenvalue weighted by Gasteiger charge is 2.16. The Morgan fingerprint density at radius 1 is 1.50 bits per heavy atom. The van der Waals surface area contributed by atoms with Crippen molar-refractivity contribution in [3.63, 3.8) is 0 Å². The number of nitrogens with one attached hydrogen (secondary N) is 2. The molecule has 1 saturated heterocycles. The molecule has 2 N–H and O–H groups in total. The summed E-state index contributed by atoms with van der Waals surface area (Å²) in [5, 5.41) is 6.24. The van der Waals surface area contributed by atoms with Gasteiger partial charge >= 0.3 is 0 Å². The lowest BCUT2D eigenvalue weighted by molar-refractivity contribution is -0.123. The fraction of sp³-hybridized carbons (Fsp3) is 0.471. The first-order chi connectivity index (χ1) is 10.7. The zero-order chi connectivity index (χ0) is 15.8. The third kappa shape index (κ3) is 4.77. The van der Waals surface area contributed by atoms with Crippen molar-refractivity contribution in [3.05, 3.63) is 36.4 Å². The summed E-state index contributed by atoms with van der Waals surface area (Å²) in [6, 6.07) is 5.87. The molecule has 1 aromatic rings. The Kier molecular flexibility index (Phi) is 6.27. The molecule has 5 heteroatoms. The van der Waals surface area contributed by atoms with Gasteiger partial charge in [-0.2, -0.15) is 0 Å². The predicted octanol–water partition coefficient (Wildman–Crippen LogP) is 1.67. The first kappa shape index (κ1) is 16.4. The van der Waals surface area contributed by atoms with Crippen molar-refractivity contribution < 1.29 is 14.3 Å². The summed E-state index contributed by atoms with van der Waals surface area (Å²) >= 11 is 0. The molecule has 5 nitrogen and oxygen atoms in total. The third-order valence-corrected chi connectivity index (χ3v) is 3.63. The molecule has 0 aliphatic carbocycles. The van der Waals surface area contributed by atoms with Crippen LogP contribution in [0.25, 0.3) is 0 Å². The van der Waals surface area contributed by atoms with Gasteiger partial charge in [0.05, 0.1) is 7.11 Å². The van der Waals surface area contributed by atoms with Crippen LogP contribution < -0.4 is 20.1 Å². The number of carbonyl (C=O) groups excluding carboxylic acids is 1. The molecule has 1 heterocycles. The Hall–Kier alpha value is -2.01. The average Bonchev–Trinajstić information content (AvgIpc) is 2.54. The van der Waals surface area contributed by atoms with Crippen LogP contribution in [0.1, 0.15) is 18.4 Å². The van der Waals surface area contributed by atoms with E-state index in [9.17, 15) is 4.79 Å². The number of amides is 1. The normalized spacial score (nSPS) is 17.6. The second-order valence-corrected chi connectivity index (χ2v) is 5.38. The predicted molar refractivity (Wildman–Crippen MR) is 86.4 cm³/mol. The molecule has 1 aliphatic rings. The topological polar surface area (TPSA) is 59.6 Å². The smallest absolute Gasteiger partial charge is 0.258 e. The van der Waals surface area contributed by atoms with Gasteiger partial charge in [-0.25, -0.2) is 0 Å². The molecule has 0 bridgehead atoms. The van der Waals surface area contributed by atoms with Crippen molar-refractivity contribution in [1.82, 2.24) is 10.6 Å². The number of rotatable bonds is 7. The van der Waals surface area contributed by atoms with E-state index >= 15 is 0 Å². The molecule has 1 amide bonds. The zero-order valence-electron chi connectivity index (χ0n) is 13.1. The van der Waals surface area contributed by atoms with E-state index in [2.05, 4.69) is 17.2 Å². The molecular formula is C17H24N2O3. The SMILES string of the molecule is C=CCc1ccc(OCC(=O)N[C@H]2CCCNC2)c(OC)c1. The average molecular weight is 304 g/mol.